The lowest BCUT2D eigenvalue weighted by Crippen LogP contribution is -2.56. The Morgan fingerprint density at radius 2 is 1.69 bits per heavy atom. The Hall–Kier alpha value is -3.17. The van der Waals surface area contributed by atoms with E-state index < -0.39 is 29.1 Å². The number of likely N-dealkylation sites (tertiary alicyclic amines) is 1. The molecule has 0 bridgehead atoms. The standard InChI is InChI=1S/C30H39N3O6/c1-4-16-31-17-8-14-29(5-2)23(26(31)35)24-27(36)33(18-6-7-20-34)25-28(37)32(19-9-15-30(24,25)39-29)21-10-12-22(38-3)13-11-21/h8-15,23-25,34H,4-7,16-20H2,1-3H3/t23-,24-,25?,29+,30-/m0/s1. The Labute approximate surface area is 230 Å². The van der Waals surface area contributed by atoms with Gasteiger partial charge in [-0.2, -0.15) is 0 Å². The number of methoxy groups -OCH3 is 1. The summed E-state index contributed by atoms with van der Waals surface area (Å²) in [6.07, 6.45) is 10.1. The maximum atomic E-state index is 14.4. The number of hydrogen-bond acceptors (Lipinski definition) is 6. The highest BCUT2D eigenvalue weighted by molar-refractivity contribution is 6.06. The molecule has 39 heavy (non-hydrogen) atoms. The zero-order valence-electron chi connectivity index (χ0n) is 23.0. The Balaban J connectivity index is 1.61. The second kappa shape index (κ2) is 10.8. The van der Waals surface area contributed by atoms with Crippen molar-refractivity contribution in [1.82, 2.24) is 9.80 Å². The van der Waals surface area contributed by atoms with Gasteiger partial charge in [0.25, 0.3) is 5.91 Å². The van der Waals surface area contributed by atoms with Crippen molar-refractivity contribution in [2.24, 2.45) is 11.8 Å². The van der Waals surface area contributed by atoms with E-state index in [1.807, 2.05) is 55.2 Å². The molecule has 4 aliphatic rings. The smallest absolute Gasteiger partial charge is 0.253 e. The van der Waals surface area contributed by atoms with Gasteiger partial charge in [0, 0.05) is 38.5 Å². The van der Waals surface area contributed by atoms with Crippen LogP contribution in [-0.2, 0) is 19.1 Å². The summed E-state index contributed by atoms with van der Waals surface area (Å²) in [5, 5.41) is 9.41. The monoisotopic (exact) mass is 537 g/mol. The molecule has 2 fully saturated rings. The third-order valence-electron chi connectivity index (χ3n) is 8.71. The first kappa shape index (κ1) is 27.4. The lowest BCUT2D eigenvalue weighted by molar-refractivity contribution is -0.150. The van der Waals surface area contributed by atoms with Gasteiger partial charge in [-0.15, -0.1) is 0 Å². The molecule has 4 heterocycles. The highest BCUT2D eigenvalue weighted by Crippen LogP contribution is 2.58. The molecule has 9 heteroatoms. The molecule has 4 aliphatic heterocycles. The highest BCUT2D eigenvalue weighted by Gasteiger charge is 2.75. The number of amides is 3. The van der Waals surface area contributed by atoms with Crippen molar-refractivity contribution in [2.45, 2.75) is 56.8 Å². The van der Waals surface area contributed by atoms with Gasteiger partial charge in [-0.1, -0.05) is 38.2 Å². The van der Waals surface area contributed by atoms with Crippen LogP contribution in [0.4, 0.5) is 5.69 Å². The molecular formula is C30H39N3O6. The molecule has 9 nitrogen and oxygen atoms in total. The van der Waals surface area contributed by atoms with Crippen LogP contribution in [0.15, 0.2) is 48.6 Å². The first-order chi connectivity index (χ1) is 18.9. The minimum atomic E-state index is -1.27. The van der Waals surface area contributed by atoms with Crippen LogP contribution >= 0.6 is 0 Å². The zero-order valence-corrected chi connectivity index (χ0v) is 23.0. The molecule has 1 unspecified atom stereocenters. The Kier molecular flexibility index (Phi) is 7.57. The van der Waals surface area contributed by atoms with Gasteiger partial charge < -0.3 is 29.3 Å². The van der Waals surface area contributed by atoms with Crippen LogP contribution in [0.1, 0.15) is 39.5 Å². The van der Waals surface area contributed by atoms with Gasteiger partial charge in [0.2, 0.25) is 11.8 Å². The van der Waals surface area contributed by atoms with Crippen LogP contribution in [0.25, 0.3) is 0 Å². The van der Waals surface area contributed by atoms with Crippen LogP contribution in [0.3, 0.4) is 0 Å². The van der Waals surface area contributed by atoms with E-state index in [4.69, 9.17) is 9.47 Å². The molecule has 1 aromatic rings. The maximum absolute atomic E-state index is 14.4. The van der Waals surface area contributed by atoms with E-state index in [1.165, 1.54) is 0 Å². The normalized spacial score (nSPS) is 31.7. The SMILES string of the molecule is CCCN1CC=C[C@@]2(CC)O[C@]34C=CCN(c5ccc(OC)cc5)C(=O)C3N(CCCCO)C(=O)[C@@H]4[C@H]2C1=O. The minimum Gasteiger partial charge on any atom is -0.497 e. The van der Waals surface area contributed by atoms with Crippen LogP contribution in [0.5, 0.6) is 5.75 Å². The molecular weight excluding hydrogens is 498 g/mol. The highest BCUT2D eigenvalue weighted by atomic mass is 16.5. The molecule has 1 aromatic carbocycles. The molecule has 0 radical (unpaired) electrons. The van der Waals surface area contributed by atoms with Crippen molar-refractivity contribution >= 4 is 23.4 Å². The maximum Gasteiger partial charge on any atom is 0.253 e. The van der Waals surface area contributed by atoms with Gasteiger partial charge in [-0.05, 0) is 49.9 Å². The molecule has 0 saturated carbocycles. The molecule has 2 saturated heterocycles. The van der Waals surface area contributed by atoms with Gasteiger partial charge in [0.05, 0.1) is 24.5 Å². The fourth-order valence-corrected chi connectivity index (χ4v) is 6.91. The number of aliphatic hydroxyl groups is 1. The third kappa shape index (κ3) is 4.26. The quantitative estimate of drug-likeness (QED) is 0.384. The van der Waals surface area contributed by atoms with Crippen molar-refractivity contribution in [3.63, 3.8) is 0 Å². The van der Waals surface area contributed by atoms with Crippen LogP contribution in [0.2, 0.25) is 0 Å². The first-order valence-corrected chi connectivity index (χ1v) is 14.1. The van der Waals surface area contributed by atoms with Crippen molar-refractivity contribution in [2.75, 3.05) is 44.8 Å². The average Bonchev–Trinajstić information content (AvgIpc) is 3.23. The van der Waals surface area contributed by atoms with E-state index in [2.05, 4.69) is 0 Å². The summed E-state index contributed by atoms with van der Waals surface area (Å²) in [4.78, 5) is 48.0. The Morgan fingerprint density at radius 1 is 0.949 bits per heavy atom. The average molecular weight is 538 g/mol. The van der Waals surface area contributed by atoms with Crippen molar-refractivity contribution < 1.29 is 29.0 Å². The molecule has 0 aromatic heterocycles. The number of fused-ring (bicyclic) bond motifs is 2. The Bertz CT molecular complexity index is 1170. The van der Waals surface area contributed by atoms with Crippen molar-refractivity contribution in [1.29, 1.82) is 0 Å². The number of ether oxygens (including phenoxy) is 2. The molecule has 1 spiro atoms. The largest absolute Gasteiger partial charge is 0.497 e. The fourth-order valence-electron chi connectivity index (χ4n) is 6.91. The minimum absolute atomic E-state index is 0.000417. The molecule has 210 valence electrons. The number of unbranched alkanes of at least 4 members (excludes halogenated alkanes) is 1. The van der Waals surface area contributed by atoms with Crippen molar-refractivity contribution in [3.8, 4) is 5.75 Å². The third-order valence-corrected chi connectivity index (χ3v) is 8.71. The second-order valence-electron chi connectivity index (χ2n) is 10.8. The summed E-state index contributed by atoms with van der Waals surface area (Å²) in [7, 11) is 1.59. The lowest BCUT2D eigenvalue weighted by Gasteiger charge is -2.38. The predicted molar refractivity (Wildman–Crippen MR) is 146 cm³/mol. The fraction of sp³-hybridized carbons (Fsp3) is 0.567. The van der Waals surface area contributed by atoms with Gasteiger partial charge >= 0.3 is 0 Å². The van der Waals surface area contributed by atoms with Gasteiger partial charge in [0.15, 0.2) is 0 Å². The Morgan fingerprint density at radius 3 is 2.36 bits per heavy atom. The lowest BCUT2D eigenvalue weighted by atomic mass is 9.73. The van der Waals surface area contributed by atoms with Gasteiger partial charge in [0.1, 0.15) is 17.4 Å². The van der Waals surface area contributed by atoms with E-state index in [1.54, 1.807) is 29.0 Å². The molecule has 0 aliphatic carbocycles. The number of rotatable bonds is 9. The van der Waals surface area contributed by atoms with Gasteiger partial charge in [-0.25, -0.2) is 0 Å². The number of hydrogen-bond donors (Lipinski definition) is 1. The van der Waals surface area contributed by atoms with E-state index in [-0.39, 0.29) is 24.3 Å². The summed E-state index contributed by atoms with van der Waals surface area (Å²) in [6.45, 7) is 5.69. The summed E-state index contributed by atoms with van der Waals surface area (Å²) < 4.78 is 12.3. The number of nitrogens with zero attached hydrogens (tertiary/aromatic N) is 3. The molecule has 5 rings (SSSR count). The van der Waals surface area contributed by atoms with Crippen LogP contribution in [-0.4, -0.2) is 89.8 Å². The first-order valence-electron chi connectivity index (χ1n) is 14.1. The van der Waals surface area contributed by atoms with Crippen LogP contribution in [0, 0.1) is 11.8 Å². The second-order valence-corrected chi connectivity index (χ2v) is 10.8. The summed E-state index contributed by atoms with van der Waals surface area (Å²) >= 11 is 0. The number of carbonyl (C=O) groups excluding carboxylic acids is 3. The number of aliphatic hydroxyl groups excluding tert-OH is 1. The summed E-state index contributed by atoms with van der Waals surface area (Å²) in [5.74, 6) is -1.42. The van der Waals surface area contributed by atoms with E-state index in [0.29, 0.717) is 56.9 Å². The topological polar surface area (TPSA) is 99.6 Å². The van der Waals surface area contributed by atoms with Crippen LogP contribution < -0.4 is 9.64 Å². The van der Waals surface area contributed by atoms with Crippen molar-refractivity contribution in [3.05, 3.63) is 48.6 Å². The zero-order chi connectivity index (χ0) is 27.8. The number of carbonyl (C=O) groups is 3. The van der Waals surface area contributed by atoms with E-state index in [0.717, 1.165) is 6.42 Å². The summed E-state index contributed by atoms with van der Waals surface area (Å²) in [6, 6.07) is 6.34. The van der Waals surface area contributed by atoms with E-state index >= 15 is 0 Å². The predicted octanol–water partition coefficient (Wildman–Crippen LogP) is 2.54. The molecule has 5 atom stereocenters. The number of anilines is 1. The van der Waals surface area contributed by atoms with E-state index in [9.17, 15) is 19.5 Å². The molecule has 1 N–H and O–H groups in total. The number of benzene rings is 1. The van der Waals surface area contributed by atoms with Gasteiger partial charge in [-0.3, -0.25) is 14.4 Å². The molecule has 3 amide bonds. The summed E-state index contributed by atoms with van der Waals surface area (Å²) in [5.41, 5.74) is -1.56.